The highest BCUT2D eigenvalue weighted by molar-refractivity contribution is 7.90. The van der Waals surface area contributed by atoms with Crippen LogP contribution in [0.2, 0.25) is 0 Å². The Morgan fingerprint density at radius 2 is 0.645 bits per heavy atom. The first kappa shape index (κ1) is 96.5. The Bertz CT molecular complexity index is 8390. The summed E-state index contributed by atoms with van der Waals surface area (Å²) in [4.78, 5) is 48.2. The van der Waals surface area contributed by atoms with Gasteiger partial charge < -0.3 is 9.84 Å². The molecule has 20 rings (SSSR count). The largest absolute Gasteiger partial charge is 0.466 e. The van der Waals surface area contributed by atoms with Crippen molar-refractivity contribution in [3.63, 3.8) is 0 Å². The number of sulfone groups is 2. The lowest BCUT2D eigenvalue weighted by molar-refractivity contribution is -0.142. The van der Waals surface area contributed by atoms with Crippen molar-refractivity contribution in [2.75, 3.05) is 18.1 Å². The van der Waals surface area contributed by atoms with E-state index in [4.69, 9.17) is 4.74 Å². The van der Waals surface area contributed by atoms with E-state index in [0.717, 1.165) is 104 Å². The van der Waals surface area contributed by atoms with E-state index in [1.807, 2.05) is 150 Å². The Morgan fingerprint density at radius 3 is 0.922 bits per heavy atom. The Kier molecular flexibility index (Phi) is 27.7. The van der Waals surface area contributed by atoms with Crippen LogP contribution in [0.5, 0.6) is 0 Å². The van der Waals surface area contributed by atoms with E-state index in [2.05, 4.69) is 60.3 Å². The fourth-order valence-corrected chi connectivity index (χ4v) is 18.3. The van der Waals surface area contributed by atoms with E-state index >= 15 is 0 Å². The van der Waals surface area contributed by atoms with Gasteiger partial charge in [-0.1, -0.05) is 13.8 Å². The van der Waals surface area contributed by atoms with Crippen LogP contribution in [0.15, 0.2) is 269 Å². The molecule has 0 saturated heterocycles. The summed E-state index contributed by atoms with van der Waals surface area (Å²) in [6, 6.07) is 42.6. The molecular weight excluding hydrogens is 1860 g/mol. The van der Waals surface area contributed by atoms with E-state index in [0.29, 0.717) is 81.4 Å². The predicted octanol–water partition coefficient (Wildman–Crippen LogP) is 20.0. The van der Waals surface area contributed by atoms with Crippen molar-refractivity contribution in [2.45, 2.75) is 77.4 Å². The summed E-state index contributed by atoms with van der Waals surface area (Å²) in [5.74, 6) is -6.76. The molecule has 0 bridgehead atoms. The minimum atomic E-state index is -3.41. The van der Waals surface area contributed by atoms with Crippen LogP contribution in [0, 0.1) is 46.5 Å². The van der Waals surface area contributed by atoms with Crippen molar-refractivity contribution in [3.8, 4) is 135 Å². The van der Waals surface area contributed by atoms with Crippen LogP contribution < -0.4 is 0 Å². The number of ether oxygens (including phenoxy) is 1. The number of imidazole rings is 4. The summed E-state index contributed by atoms with van der Waals surface area (Å²) in [6.07, 6.45) is 30.5. The summed E-state index contributed by atoms with van der Waals surface area (Å²) < 4.78 is 182. The molecule has 0 atom stereocenters. The number of aliphatic hydroxyl groups is 1. The number of nitrogens with zero attached hydrogens (tertiary/aromatic N) is 20. The fourth-order valence-electron chi connectivity index (χ4n) is 16.2. The lowest BCUT2D eigenvalue weighted by Gasteiger charge is -2.17. The maximum absolute atomic E-state index is 14.6. The normalized spacial score (nSPS) is 11.7. The highest BCUT2D eigenvalue weighted by Gasteiger charge is 2.25. The fraction of sp³-hybridized carbons (Fsp3) is 0.183. The first-order valence-corrected chi connectivity index (χ1v) is 48.2. The number of rotatable bonds is 25. The van der Waals surface area contributed by atoms with Crippen LogP contribution >= 0.6 is 0 Å². The summed E-state index contributed by atoms with van der Waals surface area (Å²) in [7, 11) is 0.611. The average molecular weight is 1950 g/mol. The minimum absolute atomic E-state index is 0.0197. The molecule has 141 heavy (non-hydrogen) atoms. The summed E-state index contributed by atoms with van der Waals surface area (Å²) in [5, 5.41) is 27.1. The van der Waals surface area contributed by atoms with Crippen LogP contribution in [0.1, 0.15) is 70.2 Å². The molecule has 0 amide bonds. The zero-order chi connectivity index (χ0) is 99.5. The van der Waals surface area contributed by atoms with Crippen molar-refractivity contribution in [3.05, 3.63) is 338 Å². The van der Waals surface area contributed by atoms with Crippen molar-refractivity contribution in [2.24, 2.45) is 28.2 Å². The number of esters is 1. The molecule has 16 aromatic heterocycles. The van der Waals surface area contributed by atoms with E-state index in [9.17, 15) is 61.9 Å². The van der Waals surface area contributed by atoms with Crippen LogP contribution in [-0.4, -0.2) is 148 Å². The first-order chi connectivity index (χ1) is 67.5. The van der Waals surface area contributed by atoms with Crippen LogP contribution in [0.25, 0.3) is 157 Å². The monoisotopic (exact) mass is 1950 g/mol. The molecule has 0 unspecified atom stereocenters. The second kappa shape index (κ2) is 40.5. The van der Waals surface area contributed by atoms with Crippen molar-refractivity contribution in [1.82, 2.24) is 96.6 Å². The maximum atomic E-state index is 14.6. The standard InChI is InChI=1S/C27H25F2N5O.C26H23F2N5O2S.C26H21F2N5O2.C25H21F2N5O2S/c1-27(2,35)8-6-21-10-18(11-24(32-21)22-5-4-20(28)13-23(22)29)25-15-30-26-12-17(7-9-34(25)26)19-14-31-33(3)16-19;1-3-8-36(34,35)16-21-9-18(10-24(31-21)22-5-4-20(27)12-23(22)28)25-14-29-26-11-17(6-7-33(25)26)19-13-30-32(2)15-19;1-3-35-26(34)12-20-8-17(9-23(31-20)21-5-4-19(27)11-22(21)28)24-14-29-25-10-16(6-7-33(24)25)18-13-30-32(2)15-18;1-3-35(33,34)15-20-8-17(9-23(30-20)21-5-4-19(26)11-22(21)27)24-13-28-25-10-16(6-7-32(24)25)18-12-29-31(2)14-18/h4-5,7,9-16,35H,6,8H2,1-3H3;4-7,9-15H,3,8,16H2,1-2H3;4-11,13-15H,3,12H2,1-2H3;4-14H,3,15H2,1-2H3. The summed E-state index contributed by atoms with van der Waals surface area (Å²) in [5.41, 5.74) is 18.5. The zero-order valence-corrected chi connectivity index (χ0v) is 79.1. The number of carbonyl (C=O) groups is 1. The van der Waals surface area contributed by atoms with Gasteiger partial charge in [-0.15, -0.1) is 0 Å². The maximum Gasteiger partial charge on any atom is 0.311 e. The number of hydrogen-bond donors (Lipinski definition) is 1. The predicted molar refractivity (Wildman–Crippen MR) is 520 cm³/mol. The molecule has 1 N–H and O–H groups in total. The van der Waals surface area contributed by atoms with Gasteiger partial charge in [0.2, 0.25) is 0 Å². The molecule has 0 aliphatic rings. The van der Waals surface area contributed by atoms with Gasteiger partial charge in [-0.2, -0.15) is 20.4 Å². The van der Waals surface area contributed by atoms with Gasteiger partial charge in [-0.3, -0.25) is 61.1 Å². The number of hydrogen-bond acceptors (Lipinski definition) is 19. The molecule has 16 heterocycles. The summed E-state index contributed by atoms with van der Waals surface area (Å²) in [6.45, 7) is 8.79. The molecule has 4 aromatic carbocycles. The average Bonchev–Trinajstić information content (AvgIpc) is 1.65. The smallest absolute Gasteiger partial charge is 0.311 e. The Morgan fingerprint density at radius 1 is 0.355 bits per heavy atom. The van der Waals surface area contributed by atoms with Crippen LogP contribution in [0.4, 0.5) is 35.1 Å². The van der Waals surface area contributed by atoms with E-state index < -0.39 is 77.8 Å². The van der Waals surface area contributed by atoms with Gasteiger partial charge >= 0.3 is 5.97 Å². The molecule has 0 aliphatic heterocycles. The molecule has 0 radical (unpaired) electrons. The van der Waals surface area contributed by atoms with Gasteiger partial charge in [0, 0.05) is 180 Å². The second-order valence-electron chi connectivity index (χ2n) is 34.2. The lowest BCUT2D eigenvalue weighted by atomic mass is 9.99. The number of halogens is 8. The molecule has 0 spiro atoms. The van der Waals surface area contributed by atoms with Gasteiger partial charge in [-0.05, 0) is 208 Å². The first-order valence-electron chi connectivity index (χ1n) is 44.5. The molecule has 0 aliphatic carbocycles. The SMILES string of the molecule is CCCS(=O)(=O)Cc1cc(-c2cnc3cc(-c4cnn(C)c4)ccn23)cc(-c2ccc(F)cc2F)n1.CCOC(=O)Cc1cc(-c2cnc3cc(-c4cnn(C)c4)ccn23)cc(-c2ccc(F)cc2F)n1.CCS(=O)(=O)Cc1cc(-c2cnc3cc(-c4cnn(C)c4)ccn23)cc(-c2ccc(F)cc2F)n1.Cn1cc(-c2ccn3c(-c4cc(CCC(C)(C)O)nc(-c5ccc(F)cc5F)c4)cnc3c2)cn1. The lowest BCUT2D eigenvalue weighted by Crippen LogP contribution is -2.19. The number of aromatic nitrogens is 20. The molecule has 716 valence electrons. The number of benzene rings is 4. The molecular formula is C104H90F8N20O7S2. The third kappa shape index (κ3) is 22.5. The topological polar surface area (TPSA) is 307 Å². The van der Waals surface area contributed by atoms with E-state index in [-0.39, 0.29) is 86.8 Å². The third-order valence-corrected chi connectivity index (χ3v) is 26.4. The van der Waals surface area contributed by atoms with Gasteiger partial charge in [0.25, 0.3) is 0 Å². The van der Waals surface area contributed by atoms with Gasteiger partial charge in [-0.25, -0.2) is 71.9 Å². The quantitative estimate of drug-likeness (QED) is 0.0410. The molecule has 0 fully saturated rings. The number of fused-ring (bicyclic) bond motifs is 4. The Hall–Kier alpha value is -16.2. The van der Waals surface area contributed by atoms with Crippen LogP contribution in [0.3, 0.4) is 0 Å². The van der Waals surface area contributed by atoms with E-state index in [1.54, 1.807) is 145 Å². The number of aryl methyl sites for hydroxylation is 5. The number of carbonyl (C=O) groups excluding carboxylic acids is 1. The van der Waals surface area contributed by atoms with Crippen LogP contribution in [-0.2, 0) is 81.7 Å². The van der Waals surface area contributed by atoms with Crippen molar-refractivity contribution < 1.29 is 66.6 Å². The van der Waals surface area contributed by atoms with Gasteiger partial charge in [0.1, 0.15) is 69.1 Å². The highest BCUT2D eigenvalue weighted by atomic mass is 32.2. The van der Waals surface area contributed by atoms with Gasteiger partial charge in [0.05, 0.1) is 148 Å². The molecule has 27 nitrogen and oxygen atoms in total. The molecule has 37 heteroatoms. The zero-order valence-electron chi connectivity index (χ0n) is 77.4. The van der Waals surface area contributed by atoms with Gasteiger partial charge in [0.15, 0.2) is 19.7 Å². The molecule has 20 aromatic rings. The second-order valence-corrected chi connectivity index (χ2v) is 38.8. The molecule has 0 saturated carbocycles. The highest BCUT2D eigenvalue weighted by Crippen LogP contribution is 2.38. The Balaban J connectivity index is 0.000000130. The Labute approximate surface area is 803 Å². The van der Waals surface area contributed by atoms with Crippen molar-refractivity contribution in [1.29, 1.82) is 0 Å². The number of pyridine rings is 8. The summed E-state index contributed by atoms with van der Waals surface area (Å²) >= 11 is 0. The van der Waals surface area contributed by atoms with E-state index in [1.165, 1.54) is 36.4 Å². The van der Waals surface area contributed by atoms with Crippen molar-refractivity contribution >= 4 is 48.2 Å². The third-order valence-electron chi connectivity index (χ3n) is 23.0. The minimum Gasteiger partial charge on any atom is -0.466 e.